The van der Waals surface area contributed by atoms with Gasteiger partial charge in [0.1, 0.15) is 0 Å². The van der Waals surface area contributed by atoms with Crippen LogP contribution in [0.1, 0.15) is 67.2 Å². The highest BCUT2D eigenvalue weighted by molar-refractivity contribution is 6.80. The minimum atomic E-state index is -1.36. The van der Waals surface area contributed by atoms with Crippen molar-refractivity contribution in [3.8, 4) is 0 Å². The lowest BCUT2D eigenvalue weighted by molar-refractivity contribution is 0.428. The first kappa shape index (κ1) is 42.6. The van der Waals surface area contributed by atoms with Crippen LogP contribution in [0.4, 0.5) is 0 Å². The van der Waals surface area contributed by atoms with E-state index in [0.717, 1.165) is 0 Å². The molecule has 0 radical (unpaired) electrons. The number of rotatable bonds is 10. The monoisotopic (exact) mass is 530 g/mol. The van der Waals surface area contributed by atoms with E-state index in [4.69, 9.17) is 8.23 Å². The van der Waals surface area contributed by atoms with Gasteiger partial charge in [-0.05, 0) is 58.7 Å². The maximum absolute atomic E-state index is 5.90. The summed E-state index contributed by atoms with van der Waals surface area (Å²) < 4.78 is 11.8. The molecule has 0 aliphatic rings. The summed E-state index contributed by atoms with van der Waals surface area (Å²) in [7, 11) is -2.88. The van der Waals surface area contributed by atoms with Crippen LogP contribution in [0.5, 0.6) is 0 Å². The highest BCUT2D eigenvalue weighted by atomic mass is 28.4. The van der Waals surface area contributed by atoms with Gasteiger partial charge in [-0.3, -0.25) is 0 Å². The number of hydrogen-bond donors (Lipinski definition) is 0. The maximum atomic E-state index is 5.90. The molecule has 0 spiro atoms. The van der Waals surface area contributed by atoms with Crippen LogP contribution in [-0.2, 0) is 8.23 Å². The van der Waals surface area contributed by atoms with Gasteiger partial charge in [-0.15, -0.1) is 13.2 Å². The summed E-state index contributed by atoms with van der Waals surface area (Å²) in [5.74, 6) is 0. The van der Waals surface area contributed by atoms with Crippen molar-refractivity contribution in [2.45, 2.75) is 113 Å². The Hall–Kier alpha value is -0.512. The Kier molecular flexibility index (Phi) is 35.8. The van der Waals surface area contributed by atoms with E-state index in [1.54, 1.807) is 0 Å². The zero-order valence-corrected chi connectivity index (χ0v) is 27.7. The molecule has 0 unspecified atom stereocenters. The van der Waals surface area contributed by atoms with Crippen LogP contribution in [-0.4, -0.2) is 36.2 Å². The third-order valence-corrected chi connectivity index (χ3v) is 12.5. The number of allylic oxidation sites excluding steroid dienone is 2. The lowest BCUT2D eigenvalue weighted by atomic mass is 10.3. The average Bonchev–Trinajstić information content (AvgIpc) is 2.64. The van der Waals surface area contributed by atoms with Crippen molar-refractivity contribution in [2.24, 2.45) is 0 Å². The zero-order chi connectivity index (χ0) is 24.8. The van der Waals surface area contributed by atoms with Gasteiger partial charge < -0.3 is 8.23 Å². The predicted octanol–water partition coefficient (Wildman–Crippen LogP) is 8.21. The summed E-state index contributed by atoms with van der Waals surface area (Å²) in [6, 6.07) is 10.5. The van der Waals surface area contributed by atoms with Crippen molar-refractivity contribution in [3.05, 3.63) is 55.6 Å². The van der Waals surface area contributed by atoms with Crippen molar-refractivity contribution >= 4 is 41.3 Å². The van der Waals surface area contributed by atoms with Crippen LogP contribution in [0.25, 0.3) is 0 Å². The fraction of sp³-hybridized carbons (Fsp3) is 0.630. The van der Waals surface area contributed by atoms with Crippen LogP contribution in [0, 0.1) is 0 Å². The first-order valence-corrected chi connectivity index (χ1v) is 21.8. The Balaban J connectivity index is -0.000000109. The molecule has 33 heavy (non-hydrogen) atoms. The molecule has 1 rings (SSSR count). The summed E-state index contributed by atoms with van der Waals surface area (Å²) in [5, 5.41) is 1.46. The molecule has 0 bridgehead atoms. The van der Waals surface area contributed by atoms with E-state index >= 15 is 0 Å². The van der Waals surface area contributed by atoms with Gasteiger partial charge in [-0.25, -0.2) is 0 Å². The molecule has 0 fully saturated rings. The predicted molar refractivity (Wildman–Crippen MR) is 171 cm³/mol. The Labute approximate surface area is 217 Å². The molecule has 0 aromatic heterocycles. The Morgan fingerprint density at radius 2 is 1.12 bits per heavy atom. The van der Waals surface area contributed by atoms with Gasteiger partial charge in [-0.2, -0.15) is 0 Å². The molecular weight excluding hydrogens is 469 g/mol. The molecule has 0 atom stereocenters. The third kappa shape index (κ3) is 49.6. The van der Waals surface area contributed by atoms with Crippen molar-refractivity contribution in [1.82, 2.24) is 0 Å². The zero-order valence-electron chi connectivity index (χ0n) is 22.6. The van der Waals surface area contributed by atoms with Gasteiger partial charge in [0.05, 0.1) is 0 Å². The van der Waals surface area contributed by atoms with Crippen molar-refractivity contribution < 1.29 is 8.23 Å². The van der Waals surface area contributed by atoms with Gasteiger partial charge in [0.15, 0.2) is 16.6 Å². The topological polar surface area (TPSA) is 18.5 Å². The Morgan fingerprint density at radius 3 is 1.27 bits per heavy atom. The van der Waals surface area contributed by atoms with Crippen LogP contribution < -0.4 is 5.19 Å². The van der Waals surface area contributed by atoms with Gasteiger partial charge in [0.25, 0.3) is 9.28 Å². The molecule has 0 amide bonds. The van der Waals surface area contributed by atoms with Crippen LogP contribution in [0.3, 0.4) is 0 Å². The molecule has 0 aliphatic heterocycles. The van der Waals surface area contributed by atoms with Crippen molar-refractivity contribution in [2.75, 3.05) is 0 Å². The van der Waals surface area contributed by atoms with E-state index in [-0.39, 0.29) is 14.9 Å². The second-order valence-corrected chi connectivity index (χ2v) is 22.2. The molecule has 0 aliphatic carbocycles. The normalized spacial score (nSPS) is 10.0. The molecule has 6 heteroatoms. The maximum Gasteiger partial charge on any atom is 0.297 e. The number of benzene rings is 1. The molecule has 1 aromatic carbocycles. The summed E-state index contributed by atoms with van der Waals surface area (Å²) in [4.78, 5) is 0. The van der Waals surface area contributed by atoms with Crippen LogP contribution in [0.2, 0.25) is 45.8 Å². The molecule has 198 valence electrons. The average molecular weight is 531 g/mol. The molecule has 2 nitrogen and oxygen atoms in total. The van der Waals surface area contributed by atoms with Gasteiger partial charge >= 0.3 is 0 Å². The van der Waals surface area contributed by atoms with E-state index in [9.17, 15) is 0 Å². The fourth-order valence-corrected chi connectivity index (χ4v) is 11.2. The quantitative estimate of drug-likeness (QED) is 0.172. The minimum Gasteiger partial charge on any atom is -0.439 e. The summed E-state index contributed by atoms with van der Waals surface area (Å²) in [6.45, 7) is 27.0. The standard InChI is InChI=1S/C7H22O2Si3.C6H8Si.2C6H12.2CH4/c1-10(8-11(2,3)4)9-12(5,6)7;7-6-4-2-1-3-5-6;2*1-3-5-6-4-2;;/h10H,1-7H3;1-5H,7H3;2*3H,1,4-6H2,2H3;2*1H4. The first-order chi connectivity index (χ1) is 14.3. The second-order valence-electron chi connectivity index (χ2n) is 9.54. The summed E-state index contributed by atoms with van der Waals surface area (Å²) in [6.07, 6.45) is 11.4. The van der Waals surface area contributed by atoms with Crippen LogP contribution >= 0.6 is 0 Å². The largest absolute Gasteiger partial charge is 0.439 e. The van der Waals surface area contributed by atoms with Gasteiger partial charge in [-0.1, -0.05) is 102 Å². The van der Waals surface area contributed by atoms with Gasteiger partial charge in [0, 0.05) is 10.2 Å². The number of hydrogen-bond acceptors (Lipinski definition) is 2. The van der Waals surface area contributed by atoms with E-state index in [1.165, 1.54) is 54.0 Å². The molecule has 0 N–H and O–H groups in total. The van der Waals surface area contributed by atoms with Gasteiger partial charge in [0.2, 0.25) is 0 Å². The van der Waals surface area contributed by atoms with E-state index < -0.39 is 25.9 Å². The molecule has 0 saturated heterocycles. The molecular formula is C27H62O2Si4. The molecule has 0 saturated carbocycles. The van der Waals surface area contributed by atoms with E-state index in [0.29, 0.717) is 0 Å². The highest BCUT2D eigenvalue weighted by Gasteiger charge is 2.24. The summed E-state index contributed by atoms with van der Waals surface area (Å²) >= 11 is 0. The van der Waals surface area contributed by atoms with Crippen LogP contribution in [0.15, 0.2) is 55.6 Å². The fourth-order valence-electron chi connectivity index (χ4n) is 2.25. The lowest BCUT2D eigenvalue weighted by Crippen LogP contribution is -2.41. The minimum absolute atomic E-state index is 0. The van der Waals surface area contributed by atoms with E-state index in [1.807, 2.05) is 18.2 Å². The smallest absolute Gasteiger partial charge is 0.297 e. The highest BCUT2D eigenvalue weighted by Crippen LogP contribution is 2.10. The molecule has 0 heterocycles. The number of unbranched alkanes of at least 4 members (excludes halogenated alkanes) is 4. The molecule has 1 aromatic rings. The second kappa shape index (κ2) is 27.7. The first-order valence-electron chi connectivity index (χ1n) is 11.9. The van der Waals surface area contributed by atoms with Crippen molar-refractivity contribution in [3.63, 3.8) is 0 Å². The van der Waals surface area contributed by atoms with Crippen molar-refractivity contribution in [1.29, 1.82) is 0 Å². The summed E-state index contributed by atoms with van der Waals surface area (Å²) in [5.41, 5.74) is 0. The Bertz CT molecular complexity index is 481. The Morgan fingerprint density at radius 1 is 0.788 bits per heavy atom. The SMILES string of the molecule is C.C.C=CCCCC.C=CCCCC.C[SiH](O[Si](C)(C)C)O[Si](C)(C)C.[SiH3]c1ccccc1. The van der Waals surface area contributed by atoms with E-state index in [2.05, 4.69) is 97.1 Å². The lowest BCUT2D eigenvalue weighted by Gasteiger charge is -2.28. The third-order valence-electron chi connectivity index (χ3n) is 3.50.